The van der Waals surface area contributed by atoms with Crippen LogP contribution in [0.1, 0.15) is 12.8 Å². The second-order valence-corrected chi connectivity index (χ2v) is 4.02. The third-order valence-corrected chi connectivity index (χ3v) is 1.19. The van der Waals surface area contributed by atoms with Crippen LogP contribution in [0.25, 0.3) is 0 Å². The van der Waals surface area contributed by atoms with Crippen molar-refractivity contribution in [1.82, 2.24) is 0 Å². The number of carboxylic acids is 1. The molecule has 0 amide bonds. The molecule has 0 heterocycles. The van der Waals surface area contributed by atoms with Crippen molar-refractivity contribution >= 4 is 68.1 Å². The minimum Gasteiger partial charge on any atom is -0.481 e. The van der Waals surface area contributed by atoms with Crippen molar-refractivity contribution in [3.8, 4) is 0 Å². The smallest absolute Gasteiger partial charge is 0.303 e. The van der Waals surface area contributed by atoms with Crippen LogP contribution in [0, 0.1) is 0 Å². The Morgan fingerprint density at radius 1 is 1.40 bits per heavy atom. The van der Waals surface area contributed by atoms with Crippen molar-refractivity contribution < 1.29 is 9.90 Å². The third-order valence-electron chi connectivity index (χ3n) is 0.622. The van der Waals surface area contributed by atoms with Crippen molar-refractivity contribution in [2.75, 3.05) is 0 Å². The van der Waals surface area contributed by atoms with E-state index < -0.39 is 9.76 Å². The molecule has 0 aromatic heterocycles. The van der Waals surface area contributed by atoms with Crippen molar-refractivity contribution in [3.63, 3.8) is 0 Å². The van der Waals surface area contributed by atoms with Gasteiger partial charge in [-0.25, -0.2) is 0 Å². The predicted octanol–water partition coefficient (Wildman–Crippen LogP) is 1.84. The van der Waals surface area contributed by atoms with E-state index in [0.717, 1.165) is 0 Å². The molecule has 0 aliphatic carbocycles. The molecule has 0 aromatic carbocycles. The first-order valence-corrected chi connectivity index (χ1v) is 3.34. The van der Waals surface area contributed by atoms with Gasteiger partial charge in [0.1, 0.15) is 0 Å². The van der Waals surface area contributed by atoms with Gasteiger partial charge in [-0.3, -0.25) is 4.79 Å². The Labute approximate surface area is 94.0 Å². The van der Waals surface area contributed by atoms with Crippen molar-refractivity contribution in [3.05, 3.63) is 0 Å². The predicted molar refractivity (Wildman–Crippen MR) is 42.9 cm³/mol. The average Bonchev–Trinajstić information content (AvgIpc) is 1.59. The van der Waals surface area contributed by atoms with Crippen LogP contribution in [0.4, 0.5) is 0 Å². The summed E-state index contributed by atoms with van der Waals surface area (Å²) in [6.07, 6.45) is -0.0660. The fourth-order valence-electron chi connectivity index (χ4n) is 0.249. The molecular formula is C4H5Cl3O2Tl. The van der Waals surface area contributed by atoms with E-state index in [1.165, 1.54) is 0 Å². The molecular weight excluding hydrogens is 391 g/mol. The van der Waals surface area contributed by atoms with E-state index in [1.807, 2.05) is 0 Å². The third kappa shape index (κ3) is 12.0. The Kier molecular flexibility index (Phi) is 8.09. The molecule has 0 saturated carbocycles. The van der Waals surface area contributed by atoms with Crippen LogP contribution < -0.4 is 0 Å². The number of rotatable bonds is 2. The molecule has 0 aliphatic rings. The second kappa shape index (κ2) is 5.85. The van der Waals surface area contributed by atoms with E-state index >= 15 is 0 Å². The fraction of sp³-hybridized carbons (Fsp3) is 0.750. The maximum Gasteiger partial charge on any atom is 0.303 e. The van der Waals surface area contributed by atoms with Gasteiger partial charge in [0.05, 0.1) is 0 Å². The zero-order valence-electron chi connectivity index (χ0n) is 4.98. The minimum atomic E-state index is -1.43. The topological polar surface area (TPSA) is 37.3 Å². The Morgan fingerprint density at radius 2 is 1.80 bits per heavy atom. The molecule has 57 valence electrons. The van der Waals surface area contributed by atoms with E-state index in [4.69, 9.17) is 39.9 Å². The summed E-state index contributed by atoms with van der Waals surface area (Å²) in [5, 5.41) is 8.10. The van der Waals surface area contributed by atoms with Gasteiger partial charge in [-0.05, 0) is 0 Å². The number of hydrogen-bond acceptors (Lipinski definition) is 1. The van der Waals surface area contributed by atoms with Crippen molar-refractivity contribution in [2.24, 2.45) is 0 Å². The largest absolute Gasteiger partial charge is 0.481 e. The zero-order valence-corrected chi connectivity index (χ0v) is 11.7. The molecule has 10 heavy (non-hydrogen) atoms. The monoisotopic (exact) mass is 395 g/mol. The number of halogens is 3. The molecule has 0 fully saturated rings. The van der Waals surface area contributed by atoms with Crippen LogP contribution in [0.15, 0.2) is 0 Å². The molecule has 1 N–H and O–H groups in total. The fourth-order valence-corrected chi connectivity index (χ4v) is 0.532. The first-order valence-electron chi connectivity index (χ1n) is 2.20. The van der Waals surface area contributed by atoms with Gasteiger partial charge in [0.25, 0.3) is 0 Å². The summed E-state index contributed by atoms with van der Waals surface area (Å²) >= 11 is 15.7. The number of aliphatic carboxylic acids is 1. The van der Waals surface area contributed by atoms with Gasteiger partial charge in [-0.1, -0.05) is 34.8 Å². The average molecular weight is 396 g/mol. The normalized spacial score (nSPS) is 10.3. The number of alkyl halides is 3. The number of carboxylic acid groups (broad SMARTS) is 1. The van der Waals surface area contributed by atoms with Gasteiger partial charge in [0.15, 0.2) is 3.79 Å². The number of hydrogen-bond donors (Lipinski definition) is 1. The van der Waals surface area contributed by atoms with E-state index in [9.17, 15) is 4.79 Å². The first kappa shape index (κ1) is 13.8. The van der Waals surface area contributed by atoms with Gasteiger partial charge in [-0.15, -0.1) is 0 Å². The van der Waals surface area contributed by atoms with Crippen molar-refractivity contribution in [1.29, 1.82) is 0 Å². The van der Waals surface area contributed by atoms with Crippen LogP contribution in [0.2, 0.25) is 0 Å². The second-order valence-electron chi connectivity index (χ2n) is 1.51. The van der Waals surface area contributed by atoms with Gasteiger partial charge in [0.2, 0.25) is 0 Å². The van der Waals surface area contributed by atoms with Gasteiger partial charge in [-0.2, -0.15) is 0 Å². The number of carbonyl (C=O) groups is 1. The summed E-state index contributed by atoms with van der Waals surface area (Å²) in [7, 11) is 0. The molecule has 6 heteroatoms. The summed E-state index contributed by atoms with van der Waals surface area (Å²) in [4.78, 5) is 9.87. The molecule has 1 radical (unpaired) electrons. The molecule has 0 rings (SSSR count). The van der Waals surface area contributed by atoms with E-state index in [0.29, 0.717) is 0 Å². The van der Waals surface area contributed by atoms with Crippen LogP contribution in [-0.4, -0.2) is 42.2 Å². The molecule has 0 unspecified atom stereocenters. The van der Waals surface area contributed by atoms with Gasteiger partial charge >= 0.3 is 5.97 Å². The standard InChI is InChI=1S/C4H5Cl3O2.Tl/c5-4(6,7)2-1-3(8)9;/h1-2H2,(H,8,9);. The minimum absolute atomic E-state index is 0. The molecule has 0 bridgehead atoms. The summed E-state index contributed by atoms with van der Waals surface area (Å²) in [5.74, 6) is -0.957. The van der Waals surface area contributed by atoms with E-state index in [2.05, 4.69) is 0 Å². The van der Waals surface area contributed by atoms with Crippen molar-refractivity contribution in [2.45, 2.75) is 16.6 Å². The molecule has 0 atom stereocenters. The molecule has 0 saturated heterocycles. The Hall–Kier alpha value is 1.26. The van der Waals surface area contributed by atoms with Crippen LogP contribution in [0.5, 0.6) is 0 Å². The zero-order chi connectivity index (χ0) is 7.49. The van der Waals surface area contributed by atoms with Crippen LogP contribution >= 0.6 is 34.8 Å². The Morgan fingerprint density at radius 3 is 1.90 bits per heavy atom. The Bertz CT molecular complexity index is 112. The molecule has 0 aliphatic heterocycles. The van der Waals surface area contributed by atoms with Gasteiger partial charge < -0.3 is 5.11 Å². The maximum atomic E-state index is 9.87. The quantitative estimate of drug-likeness (QED) is 0.572. The molecule has 0 aromatic rings. The summed E-state index contributed by atoms with van der Waals surface area (Å²) in [6, 6.07) is 0. The maximum absolute atomic E-state index is 9.87. The summed E-state index contributed by atoms with van der Waals surface area (Å²) in [5.41, 5.74) is 0. The molecule has 0 spiro atoms. The van der Waals surface area contributed by atoms with Crippen LogP contribution in [0.3, 0.4) is 0 Å². The summed E-state index contributed by atoms with van der Waals surface area (Å²) in [6.45, 7) is 0. The van der Waals surface area contributed by atoms with Crippen LogP contribution in [-0.2, 0) is 4.79 Å². The molecule has 2 nitrogen and oxygen atoms in total. The first-order chi connectivity index (χ1) is 3.92. The van der Waals surface area contributed by atoms with E-state index in [-0.39, 0.29) is 40.1 Å². The Balaban J connectivity index is 0. The van der Waals surface area contributed by atoms with E-state index in [1.54, 1.807) is 0 Å². The summed E-state index contributed by atoms with van der Waals surface area (Å²) < 4.78 is -1.43. The SMILES string of the molecule is O=C(O)CCC(Cl)(Cl)Cl.[Tl]. The van der Waals surface area contributed by atoms with Gasteiger partial charge in [0, 0.05) is 40.1 Å².